The van der Waals surface area contributed by atoms with Crippen LogP contribution in [0.2, 0.25) is 0 Å². The molecule has 3 heteroatoms. The lowest BCUT2D eigenvalue weighted by molar-refractivity contribution is 0.0751. The molecule has 0 amide bonds. The molecule has 1 rings (SSSR count). The first-order valence-corrected chi connectivity index (χ1v) is 5.55. The van der Waals surface area contributed by atoms with Crippen LogP contribution in [0.5, 0.6) is 0 Å². The Labute approximate surface area is 85.8 Å². The number of ether oxygens (including phenoxy) is 1. The van der Waals surface area contributed by atoms with Crippen LogP contribution in [0.1, 0.15) is 39.0 Å². The Morgan fingerprint density at radius 1 is 1.62 bits per heavy atom. The monoisotopic (exact) mass is 201 g/mol. The standard InChI is InChI=1S/C10H19NOS/c1-2-9(10(11)13)12-7-6-8-4-3-5-8/h8-9H,2-7H2,1H3,(H2,11,13). The number of thiocarbonyl (C=S) groups is 1. The molecule has 0 spiro atoms. The van der Waals surface area contributed by atoms with E-state index in [0.29, 0.717) is 4.99 Å². The van der Waals surface area contributed by atoms with E-state index in [-0.39, 0.29) is 6.10 Å². The van der Waals surface area contributed by atoms with Crippen LogP contribution in [0, 0.1) is 5.92 Å². The average molecular weight is 201 g/mol. The Bertz CT molecular complexity index is 168. The Balaban J connectivity index is 2.05. The van der Waals surface area contributed by atoms with E-state index in [1.54, 1.807) is 0 Å². The third-order valence-electron chi connectivity index (χ3n) is 2.76. The van der Waals surface area contributed by atoms with Crippen molar-refractivity contribution in [3.8, 4) is 0 Å². The maximum Gasteiger partial charge on any atom is 0.107 e. The van der Waals surface area contributed by atoms with Crippen LogP contribution in [-0.4, -0.2) is 17.7 Å². The van der Waals surface area contributed by atoms with Crippen molar-refractivity contribution in [1.29, 1.82) is 0 Å². The first kappa shape index (κ1) is 10.9. The van der Waals surface area contributed by atoms with Gasteiger partial charge in [-0.25, -0.2) is 0 Å². The topological polar surface area (TPSA) is 35.2 Å². The molecule has 1 fully saturated rings. The van der Waals surface area contributed by atoms with Gasteiger partial charge in [-0.1, -0.05) is 38.4 Å². The molecule has 0 radical (unpaired) electrons. The van der Waals surface area contributed by atoms with E-state index < -0.39 is 0 Å². The van der Waals surface area contributed by atoms with E-state index >= 15 is 0 Å². The Kier molecular flexibility index (Phi) is 4.67. The average Bonchev–Trinajstić information content (AvgIpc) is 2.00. The maximum atomic E-state index is 5.59. The van der Waals surface area contributed by atoms with Crippen LogP contribution < -0.4 is 5.73 Å². The van der Waals surface area contributed by atoms with Gasteiger partial charge in [0.15, 0.2) is 0 Å². The zero-order valence-electron chi connectivity index (χ0n) is 8.29. The summed E-state index contributed by atoms with van der Waals surface area (Å²) in [5.41, 5.74) is 5.52. The third kappa shape index (κ3) is 3.61. The highest BCUT2D eigenvalue weighted by Crippen LogP contribution is 2.29. The van der Waals surface area contributed by atoms with Gasteiger partial charge in [-0.3, -0.25) is 0 Å². The van der Waals surface area contributed by atoms with E-state index in [9.17, 15) is 0 Å². The molecule has 13 heavy (non-hydrogen) atoms. The molecule has 1 atom stereocenters. The second-order valence-corrected chi connectivity index (χ2v) is 4.23. The van der Waals surface area contributed by atoms with E-state index in [0.717, 1.165) is 18.9 Å². The van der Waals surface area contributed by atoms with Crippen LogP contribution in [0.15, 0.2) is 0 Å². The molecule has 2 nitrogen and oxygen atoms in total. The summed E-state index contributed by atoms with van der Waals surface area (Å²) < 4.78 is 5.59. The number of hydrogen-bond donors (Lipinski definition) is 1. The van der Waals surface area contributed by atoms with Gasteiger partial charge >= 0.3 is 0 Å². The molecule has 1 unspecified atom stereocenters. The minimum atomic E-state index is -0.00456. The summed E-state index contributed by atoms with van der Waals surface area (Å²) in [6.07, 6.45) is 6.23. The van der Waals surface area contributed by atoms with Crippen LogP contribution in [0.3, 0.4) is 0 Å². The van der Waals surface area contributed by atoms with Gasteiger partial charge in [-0.05, 0) is 18.8 Å². The highest BCUT2D eigenvalue weighted by atomic mass is 32.1. The fourth-order valence-electron chi connectivity index (χ4n) is 1.56. The lowest BCUT2D eigenvalue weighted by Crippen LogP contribution is -2.29. The molecule has 1 saturated carbocycles. The Hall–Kier alpha value is -0.150. The normalized spacial score (nSPS) is 19.5. The first-order chi connectivity index (χ1) is 6.24. The maximum absolute atomic E-state index is 5.59. The molecule has 0 aromatic rings. The van der Waals surface area contributed by atoms with Gasteiger partial charge in [0.1, 0.15) is 11.1 Å². The molecular formula is C10H19NOS. The fraction of sp³-hybridized carbons (Fsp3) is 0.900. The molecule has 1 aliphatic carbocycles. The van der Waals surface area contributed by atoms with Crippen LogP contribution in [0.4, 0.5) is 0 Å². The molecular weight excluding hydrogens is 182 g/mol. The third-order valence-corrected chi connectivity index (χ3v) is 3.02. The van der Waals surface area contributed by atoms with Gasteiger partial charge in [0, 0.05) is 6.61 Å². The second-order valence-electron chi connectivity index (χ2n) is 3.76. The van der Waals surface area contributed by atoms with Crippen molar-refractivity contribution in [3.05, 3.63) is 0 Å². The summed E-state index contributed by atoms with van der Waals surface area (Å²) in [6.45, 7) is 2.87. The fourth-order valence-corrected chi connectivity index (χ4v) is 1.79. The lowest BCUT2D eigenvalue weighted by atomic mass is 9.83. The van der Waals surface area contributed by atoms with Crippen molar-refractivity contribution >= 4 is 17.2 Å². The predicted molar refractivity (Wildman–Crippen MR) is 58.8 cm³/mol. The van der Waals surface area contributed by atoms with Gasteiger partial charge in [0.25, 0.3) is 0 Å². The highest BCUT2D eigenvalue weighted by Gasteiger charge is 2.17. The van der Waals surface area contributed by atoms with Crippen molar-refractivity contribution in [2.45, 2.75) is 45.1 Å². The van der Waals surface area contributed by atoms with Gasteiger partial charge < -0.3 is 10.5 Å². The van der Waals surface area contributed by atoms with E-state index in [1.807, 2.05) is 6.92 Å². The Morgan fingerprint density at radius 2 is 2.31 bits per heavy atom. The van der Waals surface area contributed by atoms with Gasteiger partial charge in [-0.2, -0.15) is 0 Å². The van der Waals surface area contributed by atoms with Crippen LogP contribution in [-0.2, 0) is 4.74 Å². The molecule has 76 valence electrons. The van der Waals surface area contributed by atoms with Gasteiger partial charge in [-0.15, -0.1) is 0 Å². The minimum absolute atomic E-state index is 0.00456. The van der Waals surface area contributed by atoms with E-state index in [1.165, 1.54) is 25.7 Å². The zero-order chi connectivity index (χ0) is 9.68. The van der Waals surface area contributed by atoms with E-state index in [4.69, 9.17) is 22.7 Å². The van der Waals surface area contributed by atoms with Crippen molar-refractivity contribution in [2.75, 3.05) is 6.61 Å². The summed E-state index contributed by atoms with van der Waals surface area (Å²) in [6, 6.07) is 0. The highest BCUT2D eigenvalue weighted by molar-refractivity contribution is 7.80. The molecule has 0 saturated heterocycles. The summed E-state index contributed by atoms with van der Waals surface area (Å²) in [5, 5.41) is 0. The smallest absolute Gasteiger partial charge is 0.107 e. The summed E-state index contributed by atoms with van der Waals surface area (Å²) in [7, 11) is 0. The zero-order valence-corrected chi connectivity index (χ0v) is 9.11. The summed E-state index contributed by atoms with van der Waals surface area (Å²) in [5.74, 6) is 0.906. The largest absolute Gasteiger partial charge is 0.391 e. The number of nitrogens with two attached hydrogens (primary N) is 1. The minimum Gasteiger partial charge on any atom is -0.391 e. The SMILES string of the molecule is CCC(OCCC1CCC1)C(N)=S. The molecule has 1 aliphatic rings. The van der Waals surface area contributed by atoms with Crippen molar-refractivity contribution in [3.63, 3.8) is 0 Å². The van der Waals surface area contributed by atoms with Gasteiger partial charge in [0.05, 0.1) is 0 Å². The van der Waals surface area contributed by atoms with Crippen molar-refractivity contribution in [1.82, 2.24) is 0 Å². The quantitative estimate of drug-likeness (QED) is 0.669. The van der Waals surface area contributed by atoms with Crippen molar-refractivity contribution < 1.29 is 4.74 Å². The second kappa shape index (κ2) is 5.55. The summed E-state index contributed by atoms with van der Waals surface area (Å²) >= 11 is 4.89. The molecule has 0 aromatic heterocycles. The van der Waals surface area contributed by atoms with E-state index in [2.05, 4.69) is 0 Å². The predicted octanol–water partition coefficient (Wildman–Crippen LogP) is 2.26. The van der Waals surface area contributed by atoms with Crippen LogP contribution in [0.25, 0.3) is 0 Å². The number of rotatable bonds is 6. The molecule has 0 bridgehead atoms. The molecule has 2 N–H and O–H groups in total. The molecule has 0 aliphatic heterocycles. The Morgan fingerprint density at radius 3 is 2.69 bits per heavy atom. The van der Waals surface area contributed by atoms with Crippen molar-refractivity contribution in [2.24, 2.45) is 11.7 Å². The summed E-state index contributed by atoms with van der Waals surface area (Å²) in [4.78, 5) is 0.496. The number of hydrogen-bond acceptors (Lipinski definition) is 2. The molecule has 0 aromatic carbocycles. The van der Waals surface area contributed by atoms with Crippen LogP contribution >= 0.6 is 12.2 Å². The van der Waals surface area contributed by atoms with Gasteiger partial charge in [0.2, 0.25) is 0 Å². The first-order valence-electron chi connectivity index (χ1n) is 5.15. The molecule has 0 heterocycles. The lowest BCUT2D eigenvalue weighted by Gasteiger charge is -2.25.